The van der Waals surface area contributed by atoms with Gasteiger partial charge in [0, 0.05) is 26.1 Å². The van der Waals surface area contributed by atoms with Gasteiger partial charge in [0.1, 0.15) is 0 Å². The first-order valence-electron chi connectivity index (χ1n) is 6.61. The van der Waals surface area contributed by atoms with Crippen molar-refractivity contribution in [1.29, 1.82) is 0 Å². The van der Waals surface area contributed by atoms with E-state index >= 15 is 0 Å². The second-order valence-electron chi connectivity index (χ2n) is 4.99. The van der Waals surface area contributed by atoms with Gasteiger partial charge in [0.25, 0.3) is 0 Å². The van der Waals surface area contributed by atoms with E-state index in [4.69, 9.17) is 0 Å². The Morgan fingerprint density at radius 3 is 2.35 bits per heavy atom. The van der Waals surface area contributed by atoms with Crippen LogP contribution < -0.4 is 5.32 Å². The topological polar surface area (TPSA) is 92.8 Å². The number of carbonyl (C=O) groups excluding carboxylic acids is 2. The Morgan fingerprint density at radius 1 is 1.25 bits per heavy atom. The van der Waals surface area contributed by atoms with Gasteiger partial charge in [-0.1, -0.05) is 0 Å². The maximum absolute atomic E-state index is 11.5. The van der Waals surface area contributed by atoms with E-state index in [-0.39, 0.29) is 24.7 Å². The number of rotatable bonds is 6. The lowest BCUT2D eigenvalue weighted by atomic mass is 9.98. The molecule has 8 heteroatoms. The zero-order valence-electron chi connectivity index (χ0n) is 11.9. The fraction of sp³-hybridized carbons (Fsp3) is 0.833. The second-order valence-corrected chi connectivity index (χ2v) is 6.97. The van der Waals surface area contributed by atoms with Crippen LogP contribution in [0.5, 0.6) is 0 Å². The highest BCUT2D eigenvalue weighted by Crippen LogP contribution is 2.18. The molecule has 1 saturated heterocycles. The fourth-order valence-corrected chi connectivity index (χ4v) is 2.98. The van der Waals surface area contributed by atoms with Crippen LogP contribution in [0.3, 0.4) is 0 Å². The van der Waals surface area contributed by atoms with Crippen molar-refractivity contribution in [2.24, 2.45) is 5.92 Å². The third-order valence-corrected chi connectivity index (χ3v) is 4.72. The van der Waals surface area contributed by atoms with Crippen molar-refractivity contribution in [1.82, 2.24) is 9.62 Å². The molecule has 0 bridgehead atoms. The Hall–Kier alpha value is -1.15. The molecule has 1 amide bonds. The Kier molecular flexibility index (Phi) is 6.41. The number of carbonyl (C=O) groups is 2. The zero-order chi connectivity index (χ0) is 15.2. The molecular weight excluding hydrogens is 284 g/mol. The highest BCUT2D eigenvalue weighted by Gasteiger charge is 2.24. The number of nitrogens with zero attached hydrogens (tertiary/aromatic N) is 1. The number of hydrogen-bond acceptors (Lipinski definition) is 5. The first-order valence-corrected chi connectivity index (χ1v) is 8.46. The number of ether oxygens (including phenoxy) is 1. The molecule has 0 aliphatic carbocycles. The molecule has 20 heavy (non-hydrogen) atoms. The molecule has 0 spiro atoms. The van der Waals surface area contributed by atoms with Crippen LogP contribution in [0, 0.1) is 5.92 Å². The molecule has 0 aromatic carbocycles. The summed E-state index contributed by atoms with van der Waals surface area (Å²) < 4.78 is 28.6. The lowest BCUT2D eigenvalue weighted by Gasteiger charge is -2.30. The minimum absolute atomic E-state index is 0.0782. The lowest BCUT2D eigenvalue weighted by Crippen LogP contribution is -2.41. The molecule has 0 atom stereocenters. The van der Waals surface area contributed by atoms with Crippen molar-refractivity contribution in [2.75, 3.05) is 33.0 Å². The third-order valence-electron chi connectivity index (χ3n) is 3.41. The number of nitrogens with one attached hydrogen (secondary N) is 1. The maximum Gasteiger partial charge on any atom is 0.306 e. The SMILES string of the molecule is COC(=O)CCC(=O)NCC1CCN(S(C)(=O)=O)CC1. The van der Waals surface area contributed by atoms with Crippen LogP contribution in [0.2, 0.25) is 0 Å². The number of methoxy groups -OCH3 is 1. The van der Waals surface area contributed by atoms with E-state index < -0.39 is 16.0 Å². The Morgan fingerprint density at radius 2 is 1.85 bits per heavy atom. The van der Waals surface area contributed by atoms with E-state index in [1.807, 2.05) is 0 Å². The molecule has 0 aromatic rings. The van der Waals surface area contributed by atoms with Crippen LogP contribution in [-0.4, -0.2) is 57.6 Å². The Labute approximate surface area is 119 Å². The standard InChI is InChI=1S/C12H22N2O5S/c1-19-12(16)4-3-11(15)13-9-10-5-7-14(8-6-10)20(2,17)18/h10H,3-9H2,1-2H3,(H,13,15). The maximum atomic E-state index is 11.5. The van der Waals surface area contributed by atoms with Gasteiger partial charge in [-0.25, -0.2) is 12.7 Å². The van der Waals surface area contributed by atoms with Crippen LogP contribution >= 0.6 is 0 Å². The van der Waals surface area contributed by atoms with E-state index in [1.54, 1.807) is 0 Å². The summed E-state index contributed by atoms with van der Waals surface area (Å²) in [5.74, 6) is -0.294. The third kappa shape index (κ3) is 5.87. The quantitative estimate of drug-likeness (QED) is 0.682. The molecule has 116 valence electrons. The number of esters is 1. The smallest absolute Gasteiger partial charge is 0.306 e. The van der Waals surface area contributed by atoms with Crippen molar-refractivity contribution in [3.05, 3.63) is 0 Å². The van der Waals surface area contributed by atoms with Crippen LogP contribution in [-0.2, 0) is 24.3 Å². The summed E-state index contributed by atoms with van der Waals surface area (Å²) in [6.45, 7) is 1.53. The molecule has 1 rings (SSSR count). The summed E-state index contributed by atoms with van der Waals surface area (Å²) in [4.78, 5) is 22.4. The summed E-state index contributed by atoms with van der Waals surface area (Å²) in [5, 5.41) is 2.77. The fourth-order valence-electron chi connectivity index (χ4n) is 2.11. The highest BCUT2D eigenvalue weighted by molar-refractivity contribution is 7.88. The molecule has 0 aromatic heterocycles. The largest absolute Gasteiger partial charge is 0.469 e. The van der Waals surface area contributed by atoms with Gasteiger partial charge in [-0.05, 0) is 18.8 Å². The number of hydrogen-bond donors (Lipinski definition) is 1. The molecule has 0 saturated carbocycles. The highest BCUT2D eigenvalue weighted by atomic mass is 32.2. The molecule has 1 heterocycles. The molecule has 0 radical (unpaired) electrons. The van der Waals surface area contributed by atoms with E-state index in [2.05, 4.69) is 10.1 Å². The van der Waals surface area contributed by atoms with Crippen LogP contribution in [0.15, 0.2) is 0 Å². The number of amides is 1. The van der Waals surface area contributed by atoms with Gasteiger partial charge in [0.05, 0.1) is 19.8 Å². The summed E-state index contributed by atoms with van der Waals surface area (Å²) in [6, 6.07) is 0. The van der Waals surface area contributed by atoms with Gasteiger partial charge >= 0.3 is 5.97 Å². The van der Waals surface area contributed by atoms with Crippen LogP contribution in [0.25, 0.3) is 0 Å². The summed E-state index contributed by atoms with van der Waals surface area (Å²) in [7, 11) is -1.82. The van der Waals surface area contributed by atoms with E-state index in [0.717, 1.165) is 12.8 Å². The van der Waals surface area contributed by atoms with Gasteiger partial charge in [0.15, 0.2) is 0 Å². The molecule has 7 nitrogen and oxygen atoms in total. The summed E-state index contributed by atoms with van der Waals surface area (Å²) in [6.07, 6.45) is 2.89. The van der Waals surface area contributed by atoms with E-state index in [1.165, 1.54) is 17.7 Å². The van der Waals surface area contributed by atoms with Crippen molar-refractivity contribution in [2.45, 2.75) is 25.7 Å². The minimum Gasteiger partial charge on any atom is -0.469 e. The van der Waals surface area contributed by atoms with Gasteiger partial charge in [-0.15, -0.1) is 0 Å². The predicted molar refractivity (Wildman–Crippen MR) is 73.4 cm³/mol. The molecule has 1 aliphatic rings. The first-order chi connectivity index (χ1) is 9.32. The summed E-state index contributed by atoms with van der Waals surface area (Å²) in [5.41, 5.74) is 0. The predicted octanol–water partition coefficient (Wildman–Crippen LogP) is -0.273. The molecule has 1 aliphatic heterocycles. The lowest BCUT2D eigenvalue weighted by molar-refractivity contribution is -0.142. The zero-order valence-corrected chi connectivity index (χ0v) is 12.7. The van der Waals surface area contributed by atoms with Crippen LogP contribution in [0.1, 0.15) is 25.7 Å². The van der Waals surface area contributed by atoms with Gasteiger partial charge in [0.2, 0.25) is 15.9 Å². The van der Waals surface area contributed by atoms with Gasteiger partial charge in [-0.2, -0.15) is 0 Å². The van der Waals surface area contributed by atoms with Crippen molar-refractivity contribution < 1.29 is 22.7 Å². The van der Waals surface area contributed by atoms with Gasteiger partial charge < -0.3 is 10.1 Å². The number of piperidine rings is 1. The first kappa shape index (κ1) is 16.9. The summed E-state index contributed by atoms with van der Waals surface area (Å²) >= 11 is 0. The molecule has 1 fully saturated rings. The van der Waals surface area contributed by atoms with E-state index in [9.17, 15) is 18.0 Å². The Bertz CT molecular complexity index is 441. The number of sulfonamides is 1. The van der Waals surface area contributed by atoms with Crippen molar-refractivity contribution >= 4 is 21.9 Å². The molecular formula is C12H22N2O5S. The van der Waals surface area contributed by atoms with Gasteiger partial charge in [-0.3, -0.25) is 9.59 Å². The van der Waals surface area contributed by atoms with Crippen molar-refractivity contribution in [3.8, 4) is 0 Å². The molecule has 1 N–H and O–H groups in total. The average molecular weight is 306 g/mol. The minimum atomic E-state index is -3.11. The molecule has 0 unspecified atom stereocenters. The second kappa shape index (κ2) is 7.58. The normalized spacial score (nSPS) is 17.7. The van der Waals surface area contributed by atoms with E-state index in [0.29, 0.717) is 19.6 Å². The monoisotopic (exact) mass is 306 g/mol. The average Bonchev–Trinajstić information content (AvgIpc) is 2.41. The van der Waals surface area contributed by atoms with Crippen LogP contribution in [0.4, 0.5) is 0 Å². The Balaban J connectivity index is 2.21. The van der Waals surface area contributed by atoms with Crippen molar-refractivity contribution in [3.63, 3.8) is 0 Å².